The summed E-state index contributed by atoms with van der Waals surface area (Å²) in [5.41, 5.74) is 9.49. The highest BCUT2D eigenvalue weighted by molar-refractivity contribution is 5.93. The van der Waals surface area contributed by atoms with Crippen LogP contribution >= 0.6 is 0 Å². The molecule has 0 radical (unpaired) electrons. The van der Waals surface area contributed by atoms with E-state index in [1.165, 1.54) is 114 Å². The highest BCUT2D eigenvalue weighted by atomic mass is 16.5. The summed E-state index contributed by atoms with van der Waals surface area (Å²) in [6.07, 6.45) is 26.8. The van der Waals surface area contributed by atoms with E-state index < -0.39 is 11.9 Å². The van der Waals surface area contributed by atoms with E-state index in [0.29, 0.717) is 45.4 Å². The Morgan fingerprint density at radius 2 is 0.658 bits per heavy atom. The van der Waals surface area contributed by atoms with Crippen LogP contribution < -0.4 is 9.47 Å². The molecule has 0 aliphatic heterocycles. The van der Waals surface area contributed by atoms with E-state index in [0.717, 1.165) is 35.3 Å². The summed E-state index contributed by atoms with van der Waals surface area (Å²) in [5.74, 6) is -0.118. The SMILES string of the molecule is CCCCCCCCCCc1ccc(N=Nc2ccc(OC(=O)c3ccc(N=Cc4cccc(C=Nc5ccc(C(=O)Oc6ccc(N=Nc7ccc(CCCCCCCCCC)cc7)cc6)cc5)c4)cc3)cc2)cc1. The minimum absolute atomic E-state index is 0.405. The lowest BCUT2D eigenvalue weighted by Crippen LogP contribution is -2.07. The zero-order valence-corrected chi connectivity index (χ0v) is 44.4. The van der Waals surface area contributed by atoms with Crippen molar-refractivity contribution in [1.29, 1.82) is 0 Å². The van der Waals surface area contributed by atoms with Gasteiger partial charge in [0.2, 0.25) is 0 Å². The molecule has 7 rings (SSSR count). The fraction of sp³-hybridized carbons (Fsp3) is 0.303. The number of hydrogen-bond donors (Lipinski definition) is 0. The lowest BCUT2D eigenvalue weighted by atomic mass is 10.0. The molecule has 76 heavy (non-hydrogen) atoms. The number of esters is 2. The summed E-state index contributed by atoms with van der Waals surface area (Å²) < 4.78 is 11.3. The zero-order valence-electron chi connectivity index (χ0n) is 44.4. The third kappa shape index (κ3) is 20.0. The van der Waals surface area contributed by atoms with Crippen LogP contribution in [0.2, 0.25) is 0 Å². The lowest BCUT2D eigenvalue weighted by molar-refractivity contribution is 0.0725. The monoisotopic (exact) mass is 1010 g/mol. The normalized spacial score (nSPS) is 11.6. The van der Waals surface area contributed by atoms with Gasteiger partial charge in [0.05, 0.1) is 45.3 Å². The van der Waals surface area contributed by atoms with Crippen LogP contribution in [0.5, 0.6) is 11.5 Å². The molecule has 0 atom stereocenters. The molecule has 0 amide bonds. The van der Waals surface area contributed by atoms with Crippen LogP contribution in [-0.2, 0) is 12.8 Å². The molecule has 7 aromatic rings. The standard InChI is InChI=1S/C66H72N6O4/c1-3-5-7-9-11-13-15-17-20-51-24-32-59(33-25-51)69-71-61-40-44-63(45-41-61)75-65(73)55-28-36-57(37-29-55)67-49-53-22-19-23-54(48-53)50-68-58-38-30-56(31-39-58)66(74)76-64-46-42-62(43-47-64)72-70-60-34-26-52(27-35-60)21-18-16-14-12-10-8-6-4-2/h19,22-50H,3-18,20-21H2,1-2H3. The first kappa shape index (κ1) is 55.8. The molecule has 0 heterocycles. The average Bonchev–Trinajstić information content (AvgIpc) is 3.46. The summed E-state index contributed by atoms with van der Waals surface area (Å²) in [4.78, 5) is 35.1. The van der Waals surface area contributed by atoms with Crippen molar-refractivity contribution in [2.75, 3.05) is 0 Å². The van der Waals surface area contributed by atoms with Crippen molar-refractivity contribution in [2.45, 2.75) is 129 Å². The highest BCUT2D eigenvalue weighted by Crippen LogP contribution is 2.26. The Morgan fingerprint density at radius 1 is 0.355 bits per heavy atom. The Kier molecular flexibility index (Phi) is 23.2. The van der Waals surface area contributed by atoms with Crippen molar-refractivity contribution in [3.05, 3.63) is 203 Å². The maximum atomic E-state index is 13.0. The third-order valence-electron chi connectivity index (χ3n) is 13.0. The predicted molar refractivity (Wildman–Crippen MR) is 310 cm³/mol. The molecule has 0 spiro atoms. The molecule has 0 saturated carbocycles. The van der Waals surface area contributed by atoms with Crippen molar-refractivity contribution in [3.8, 4) is 11.5 Å². The summed E-state index contributed by atoms with van der Waals surface area (Å²) in [5, 5.41) is 17.5. The molecule has 10 heteroatoms. The minimum atomic E-state index is -0.472. The number of ether oxygens (including phenoxy) is 2. The largest absolute Gasteiger partial charge is 0.423 e. The molecule has 0 saturated heterocycles. The lowest BCUT2D eigenvalue weighted by Gasteiger charge is -2.05. The van der Waals surface area contributed by atoms with Gasteiger partial charge in [-0.25, -0.2) is 9.59 Å². The smallest absolute Gasteiger partial charge is 0.343 e. The average molecular weight is 1010 g/mol. The number of aryl methyl sites for hydroxylation is 2. The molecule has 10 nitrogen and oxygen atoms in total. The van der Waals surface area contributed by atoms with E-state index in [9.17, 15) is 9.59 Å². The quantitative estimate of drug-likeness (QED) is 0.0146. The predicted octanol–water partition coefficient (Wildman–Crippen LogP) is 19.8. The number of benzene rings is 7. The van der Waals surface area contributed by atoms with Gasteiger partial charge < -0.3 is 9.47 Å². The van der Waals surface area contributed by atoms with E-state index in [1.807, 2.05) is 48.5 Å². The Bertz CT molecular complexity index is 2750. The Balaban J connectivity index is 0.800. The first-order valence-corrected chi connectivity index (χ1v) is 27.4. The number of carbonyl (C=O) groups is 2. The topological polar surface area (TPSA) is 127 Å². The van der Waals surface area contributed by atoms with E-state index in [4.69, 9.17) is 9.47 Å². The van der Waals surface area contributed by atoms with E-state index in [1.54, 1.807) is 109 Å². The van der Waals surface area contributed by atoms with Crippen molar-refractivity contribution in [1.82, 2.24) is 0 Å². The van der Waals surface area contributed by atoms with Crippen LogP contribution in [0.25, 0.3) is 0 Å². The molecule has 7 aromatic carbocycles. The summed E-state index contributed by atoms with van der Waals surface area (Å²) in [7, 11) is 0. The van der Waals surface area contributed by atoms with Crippen LogP contribution in [0.15, 0.2) is 200 Å². The van der Waals surface area contributed by atoms with Gasteiger partial charge in [0.25, 0.3) is 0 Å². The number of rotatable bonds is 30. The second-order valence-corrected chi connectivity index (χ2v) is 19.2. The van der Waals surface area contributed by atoms with Crippen molar-refractivity contribution >= 4 is 58.5 Å². The summed E-state index contributed by atoms with van der Waals surface area (Å²) >= 11 is 0. The molecule has 0 bridgehead atoms. The minimum Gasteiger partial charge on any atom is -0.423 e. The van der Waals surface area contributed by atoms with Gasteiger partial charge in [0.15, 0.2) is 0 Å². The molecular weight excluding hydrogens is 941 g/mol. The number of unbranched alkanes of at least 4 members (excludes halogenated alkanes) is 14. The van der Waals surface area contributed by atoms with Crippen molar-refractivity contribution in [2.24, 2.45) is 30.4 Å². The maximum Gasteiger partial charge on any atom is 0.343 e. The molecule has 0 N–H and O–H groups in total. The number of aliphatic imine (C=N–C) groups is 2. The van der Waals surface area contributed by atoms with Crippen LogP contribution in [0, 0.1) is 0 Å². The van der Waals surface area contributed by atoms with Gasteiger partial charge in [-0.15, -0.1) is 0 Å². The van der Waals surface area contributed by atoms with Gasteiger partial charge in [0.1, 0.15) is 11.5 Å². The first-order valence-electron chi connectivity index (χ1n) is 27.4. The molecule has 390 valence electrons. The van der Waals surface area contributed by atoms with Gasteiger partial charge >= 0.3 is 11.9 Å². The molecule has 0 aliphatic carbocycles. The second kappa shape index (κ2) is 31.7. The van der Waals surface area contributed by atoms with Gasteiger partial charge in [-0.2, -0.15) is 20.5 Å². The number of azo groups is 2. The zero-order chi connectivity index (χ0) is 52.8. The second-order valence-electron chi connectivity index (χ2n) is 19.2. The van der Waals surface area contributed by atoms with E-state index >= 15 is 0 Å². The van der Waals surface area contributed by atoms with E-state index in [2.05, 4.69) is 68.6 Å². The maximum absolute atomic E-state index is 13.0. The van der Waals surface area contributed by atoms with Crippen molar-refractivity contribution < 1.29 is 19.1 Å². The highest BCUT2D eigenvalue weighted by Gasteiger charge is 2.11. The summed E-state index contributed by atoms with van der Waals surface area (Å²) in [6.45, 7) is 4.52. The number of hydrogen-bond acceptors (Lipinski definition) is 10. The number of carbonyl (C=O) groups excluding carboxylic acids is 2. The summed E-state index contributed by atoms with van der Waals surface area (Å²) in [6, 6.07) is 52.1. The molecule has 0 unspecified atom stereocenters. The number of nitrogens with zero attached hydrogens (tertiary/aromatic N) is 6. The molecule has 0 fully saturated rings. The van der Waals surface area contributed by atoms with Crippen LogP contribution in [-0.4, -0.2) is 24.4 Å². The molecule has 0 aromatic heterocycles. The van der Waals surface area contributed by atoms with E-state index in [-0.39, 0.29) is 0 Å². The molecule has 0 aliphatic rings. The van der Waals surface area contributed by atoms with Gasteiger partial charge in [-0.1, -0.05) is 146 Å². The van der Waals surface area contributed by atoms with Crippen molar-refractivity contribution in [3.63, 3.8) is 0 Å². The van der Waals surface area contributed by atoms with Gasteiger partial charge in [-0.05, 0) is 175 Å². The van der Waals surface area contributed by atoms with Crippen LogP contribution in [0.4, 0.5) is 34.1 Å². The fourth-order valence-electron chi connectivity index (χ4n) is 8.49. The molecular formula is C66H72N6O4. The first-order chi connectivity index (χ1) is 37.4. The van der Waals surface area contributed by atoms with Gasteiger partial charge in [-0.3, -0.25) is 9.98 Å². The fourth-order valence-corrected chi connectivity index (χ4v) is 8.49. The van der Waals surface area contributed by atoms with Gasteiger partial charge in [0, 0.05) is 12.4 Å². The third-order valence-corrected chi connectivity index (χ3v) is 13.0. The Labute approximate surface area is 450 Å². The Hall–Kier alpha value is -7.98. The Morgan fingerprint density at radius 3 is 1.00 bits per heavy atom. The van der Waals surface area contributed by atoms with Crippen LogP contribution in [0.3, 0.4) is 0 Å². The van der Waals surface area contributed by atoms with Crippen LogP contribution in [0.1, 0.15) is 160 Å².